The van der Waals surface area contributed by atoms with Crippen molar-refractivity contribution in [1.29, 1.82) is 0 Å². The Morgan fingerprint density at radius 3 is 2.41 bits per heavy atom. The van der Waals surface area contributed by atoms with Gasteiger partial charge in [-0.1, -0.05) is 30.3 Å². The van der Waals surface area contributed by atoms with Gasteiger partial charge < -0.3 is 10.1 Å². The van der Waals surface area contributed by atoms with Crippen LogP contribution in [0.2, 0.25) is 0 Å². The lowest BCUT2D eigenvalue weighted by atomic mass is 10.2. The molecule has 4 rings (SSSR count). The molecular formula is C19H19N3O3S2. The van der Waals surface area contributed by atoms with Crippen molar-refractivity contribution in [2.24, 2.45) is 0 Å². The van der Waals surface area contributed by atoms with E-state index in [0.29, 0.717) is 31.2 Å². The van der Waals surface area contributed by atoms with Crippen molar-refractivity contribution < 1.29 is 13.2 Å². The molecule has 8 heteroatoms. The molecule has 1 aliphatic rings. The topological polar surface area (TPSA) is 71.5 Å². The molecule has 0 atom stereocenters. The highest BCUT2D eigenvalue weighted by Gasteiger charge is 2.26. The van der Waals surface area contributed by atoms with Crippen molar-refractivity contribution in [3.8, 4) is 11.3 Å². The van der Waals surface area contributed by atoms with Crippen molar-refractivity contribution >= 4 is 32.2 Å². The summed E-state index contributed by atoms with van der Waals surface area (Å²) in [5.74, 6) is 0. The molecule has 6 nitrogen and oxygen atoms in total. The van der Waals surface area contributed by atoms with Crippen LogP contribution >= 0.6 is 11.3 Å². The Morgan fingerprint density at radius 2 is 1.70 bits per heavy atom. The first kappa shape index (κ1) is 18.1. The number of thiazole rings is 1. The first-order valence-electron chi connectivity index (χ1n) is 8.59. The van der Waals surface area contributed by atoms with E-state index in [1.54, 1.807) is 24.3 Å². The fourth-order valence-corrected chi connectivity index (χ4v) is 4.99. The van der Waals surface area contributed by atoms with E-state index >= 15 is 0 Å². The summed E-state index contributed by atoms with van der Waals surface area (Å²) >= 11 is 1.51. The van der Waals surface area contributed by atoms with Gasteiger partial charge >= 0.3 is 0 Å². The van der Waals surface area contributed by atoms with Crippen LogP contribution in [0.3, 0.4) is 0 Å². The number of aromatic nitrogens is 1. The van der Waals surface area contributed by atoms with Crippen molar-refractivity contribution in [2.45, 2.75) is 4.90 Å². The number of hydrogen-bond acceptors (Lipinski definition) is 6. The number of sulfonamides is 1. The van der Waals surface area contributed by atoms with Gasteiger partial charge in [0.2, 0.25) is 10.0 Å². The van der Waals surface area contributed by atoms with Crippen LogP contribution in [0.1, 0.15) is 0 Å². The smallest absolute Gasteiger partial charge is 0.243 e. The zero-order chi connectivity index (χ0) is 18.7. The highest BCUT2D eigenvalue weighted by molar-refractivity contribution is 7.89. The first-order valence-corrected chi connectivity index (χ1v) is 10.9. The molecule has 0 spiro atoms. The van der Waals surface area contributed by atoms with Crippen molar-refractivity contribution in [3.63, 3.8) is 0 Å². The Morgan fingerprint density at radius 1 is 1.00 bits per heavy atom. The van der Waals surface area contributed by atoms with Crippen LogP contribution < -0.4 is 5.32 Å². The number of benzene rings is 2. The average Bonchev–Trinajstić information content (AvgIpc) is 3.18. The molecule has 0 unspecified atom stereocenters. The van der Waals surface area contributed by atoms with Crippen molar-refractivity contribution in [1.82, 2.24) is 9.29 Å². The van der Waals surface area contributed by atoms with Gasteiger partial charge in [-0.2, -0.15) is 4.31 Å². The number of ether oxygens (including phenoxy) is 1. The van der Waals surface area contributed by atoms with E-state index in [4.69, 9.17) is 4.74 Å². The largest absolute Gasteiger partial charge is 0.379 e. The summed E-state index contributed by atoms with van der Waals surface area (Å²) in [7, 11) is -3.47. The highest BCUT2D eigenvalue weighted by atomic mass is 32.2. The second-order valence-electron chi connectivity index (χ2n) is 6.07. The first-order chi connectivity index (χ1) is 13.1. The molecular weight excluding hydrogens is 382 g/mol. The van der Waals surface area contributed by atoms with E-state index in [1.165, 1.54) is 15.6 Å². The van der Waals surface area contributed by atoms with E-state index in [9.17, 15) is 8.42 Å². The summed E-state index contributed by atoms with van der Waals surface area (Å²) in [5.41, 5.74) is 2.77. The summed E-state index contributed by atoms with van der Waals surface area (Å²) in [6.45, 7) is 1.66. The summed E-state index contributed by atoms with van der Waals surface area (Å²) in [5, 5.41) is 5.99. The van der Waals surface area contributed by atoms with Gasteiger partial charge in [0.25, 0.3) is 0 Å². The maximum atomic E-state index is 12.7. The van der Waals surface area contributed by atoms with Gasteiger partial charge in [0.15, 0.2) is 5.13 Å². The maximum Gasteiger partial charge on any atom is 0.243 e. The minimum Gasteiger partial charge on any atom is -0.379 e. The average molecular weight is 402 g/mol. The molecule has 1 saturated heterocycles. The zero-order valence-corrected chi connectivity index (χ0v) is 16.2. The Kier molecular flexibility index (Phi) is 5.22. The molecule has 1 aromatic heterocycles. The molecule has 1 aliphatic heterocycles. The fraction of sp³-hybridized carbons (Fsp3) is 0.211. The van der Waals surface area contributed by atoms with Gasteiger partial charge in [0.05, 0.1) is 23.8 Å². The molecule has 0 bridgehead atoms. The van der Waals surface area contributed by atoms with Crippen LogP contribution in [0.15, 0.2) is 64.9 Å². The van der Waals surface area contributed by atoms with E-state index in [2.05, 4.69) is 10.3 Å². The molecule has 140 valence electrons. The van der Waals surface area contributed by atoms with Crippen LogP contribution in [0.4, 0.5) is 10.8 Å². The maximum absolute atomic E-state index is 12.7. The molecule has 1 fully saturated rings. The lowest BCUT2D eigenvalue weighted by Gasteiger charge is -2.26. The third-order valence-electron chi connectivity index (χ3n) is 4.29. The van der Waals surface area contributed by atoms with E-state index in [1.807, 2.05) is 35.7 Å². The Hall–Kier alpha value is -2.26. The highest BCUT2D eigenvalue weighted by Crippen LogP contribution is 2.27. The number of rotatable bonds is 5. The van der Waals surface area contributed by atoms with E-state index < -0.39 is 10.0 Å². The standard InChI is InChI=1S/C19H19N3O3S2/c23-27(24,22-10-12-25-13-11-22)17-8-6-16(7-9-17)20-19-21-18(14-26-19)15-4-2-1-3-5-15/h1-9,14H,10-13H2,(H,20,21). The molecule has 3 aromatic rings. The summed E-state index contributed by atoms with van der Waals surface area (Å²) in [4.78, 5) is 4.88. The van der Waals surface area contributed by atoms with Crippen molar-refractivity contribution in [2.75, 3.05) is 31.6 Å². The minimum atomic E-state index is -3.47. The number of morpholine rings is 1. The molecule has 1 N–H and O–H groups in total. The molecule has 0 amide bonds. The molecule has 0 radical (unpaired) electrons. The van der Waals surface area contributed by atoms with Gasteiger partial charge in [0, 0.05) is 29.7 Å². The van der Waals surface area contributed by atoms with Gasteiger partial charge in [-0.05, 0) is 24.3 Å². The number of nitrogens with one attached hydrogen (secondary N) is 1. The van der Waals surface area contributed by atoms with Crippen LogP contribution in [0.25, 0.3) is 11.3 Å². The zero-order valence-electron chi connectivity index (χ0n) is 14.5. The SMILES string of the molecule is O=S(=O)(c1ccc(Nc2nc(-c3ccccc3)cs2)cc1)N1CCOCC1. The third kappa shape index (κ3) is 4.03. The second kappa shape index (κ2) is 7.77. The number of hydrogen-bond donors (Lipinski definition) is 1. The van der Waals surface area contributed by atoms with Crippen LogP contribution in [0, 0.1) is 0 Å². The second-order valence-corrected chi connectivity index (χ2v) is 8.87. The monoisotopic (exact) mass is 401 g/mol. The molecule has 2 heterocycles. The van der Waals surface area contributed by atoms with E-state index in [0.717, 1.165) is 22.1 Å². The summed E-state index contributed by atoms with van der Waals surface area (Å²) in [6.07, 6.45) is 0. The molecule has 0 aliphatic carbocycles. The van der Waals surface area contributed by atoms with Gasteiger partial charge in [-0.25, -0.2) is 13.4 Å². The third-order valence-corrected chi connectivity index (χ3v) is 6.96. The summed E-state index contributed by atoms with van der Waals surface area (Å²) < 4.78 is 32.0. The Bertz CT molecular complexity index is 996. The molecule has 2 aromatic carbocycles. The van der Waals surface area contributed by atoms with Crippen molar-refractivity contribution in [3.05, 3.63) is 60.0 Å². The van der Waals surface area contributed by atoms with Crippen LogP contribution in [0.5, 0.6) is 0 Å². The van der Waals surface area contributed by atoms with Gasteiger partial charge in [0.1, 0.15) is 0 Å². The quantitative estimate of drug-likeness (QED) is 0.708. The fourth-order valence-electron chi connectivity index (χ4n) is 2.84. The Balaban J connectivity index is 1.48. The Labute approximate surface area is 162 Å². The number of anilines is 2. The van der Waals surface area contributed by atoms with Crippen LogP contribution in [-0.4, -0.2) is 44.0 Å². The molecule has 0 saturated carbocycles. The minimum absolute atomic E-state index is 0.291. The number of nitrogens with zero attached hydrogens (tertiary/aromatic N) is 2. The lowest BCUT2D eigenvalue weighted by Crippen LogP contribution is -2.40. The predicted octanol–water partition coefficient (Wildman–Crippen LogP) is 3.57. The van der Waals surface area contributed by atoms with Gasteiger partial charge in [-0.15, -0.1) is 11.3 Å². The van der Waals surface area contributed by atoms with E-state index in [-0.39, 0.29) is 0 Å². The molecule has 27 heavy (non-hydrogen) atoms. The summed E-state index contributed by atoms with van der Waals surface area (Å²) in [6, 6.07) is 16.7. The normalized spacial score (nSPS) is 15.6. The lowest BCUT2D eigenvalue weighted by molar-refractivity contribution is 0.0730. The van der Waals surface area contributed by atoms with Gasteiger partial charge in [-0.3, -0.25) is 0 Å². The van der Waals surface area contributed by atoms with Crippen LogP contribution in [-0.2, 0) is 14.8 Å². The predicted molar refractivity (Wildman–Crippen MR) is 107 cm³/mol.